The van der Waals surface area contributed by atoms with Gasteiger partial charge in [0.25, 0.3) is 0 Å². The van der Waals surface area contributed by atoms with Crippen LogP contribution in [-0.2, 0) is 0 Å². The lowest BCUT2D eigenvalue weighted by atomic mass is 10.3. The van der Waals surface area contributed by atoms with Crippen molar-refractivity contribution in [3.63, 3.8) is 0 Å². The normalized spacial score (nSPS) is 15.6. The molecule has 1 fully saturated rings. The third-order valence-electron chi connectivity index (χ3n) is 2.40. The number of halogens is 1. The highest BCUT2D eigenvalue weighted by Crippen LogP contribution is 2.38. The molecule has 1 aromatic heterocycles. The molecule has 1 saturated heterocycles. The Balaban J connectivity index is 2.36. The third kappa shape index (κ3) is 2.40. The number of rotatable bonds is 5. The number of nitro groups is 1. The van der Waals surface area contributed by atoms with Crippen molar-refractivity contribution in [1.29, 1.82) is 0 Å². The van der Waals surface area contributed by atoms with Crippen molar-refractivity contribution in [3.05, 3.63) is 14.7 Å². The average Bonchev–Trinajstić information content (AvgIpc) is 2.49. The molecule has 0 aliphatic carbocycles. The van der Waals surface area contributed by atoms with Gasteiger partial charge in [-0.15, -0.1) is 0 Å². The smallest absolute Gasteiger partial charge is 0.345 e. The number of thioether (sulfide) groups is 1. The number of aromatic nitrogens is 2. The van der Waals surface area contributed by atoms with E-state index in [1.54, 1.807) is 16.4 Å². The van der Waals surface area contributed by atoms with Gasteiger partial charge in [-0.05, 0) is 15.9 Å². The fourth-order valence-corrected chi connectivity index (χ4v) is 2.76. The Morgan fingerprint density at radius 1 is 1.71 bits per heavy atom. The van der Waals surface area contributed by atoms with Gasteiger partial charge >= 0.3 is 5.69 Å². The molecule has 2 rings (SSSR count). The van der Waals surface area contributed by atoms with Crippen LogP contribution in [0.4, 0.5) is 11.5 Å². The molecule has 9 heteroatoms. The Morgan fingerprint density at radius 3 is 2.88 bits per heavy atom. The summed E-state index contributed by atoms with van der Waals surface area (Å²) in [4.78, 5) is 10.5. The first-order chi connectivity index (χ1) is 8.15. The number of hydrogen-bond donors (Lipinski definition) is 2. The van der Waals surface area contributed by atoms with Crippen LogP contribution in [0.3, 0.4) is 0 Å². The van der Waals surface area contributed by atoms with Crippen LogP contribution < -0.4 is 5.32 Å². The summed E-state index contributed by atoms with van der Waals surface area (Å²) in [6.45, 7) is 0.179. The van der Waals surface area contributed by atoms with E-state index in [0.29, 0.717) is 5.82 Å². The summed E-state index contributed by atoms with van der Waals surface area (Å²) in [5.74, 6) is 2.17. The summed E-state index contributed by atoms with van der Waals surface area (Å²) >= 11 is 4.87. The number of hydrogen-bond acceptors (Lipinski definition) is 6. The van der Waals surface area contributed by atoms with E-state index >= 15 is 0 Å². The summed E-state index contributed by atoms with van der Waals surface area (Å²) in [6.07, 6.45) is 0. The summed E-state index contributed by atoms with van der Waals surface area (Å²) < 4.78 is 1.86. The Kier molecular flexibility index (Phi) is 3.89. The van der Waals surface area contributed by atoms with Gasteiger partial charge in [0.1, 0.15) is 0 Å². The summed E-state index contributed by atoms with van der Waals surface area (Å²) in [5, 5.41) is 26.7. The van der Waals surface area contributed by atoms with Gasteiger partial charge in [0.15, 0.2) is 0 Å². The lowest BCUT2D eigenvalue weighted by Crippen LogP contribution is -2.26. The SMILES string of the molecule is O=[N+]([O-])c1c(Br)nn(C2CSC2)c1NCCO. The van der Waals surface area contributed by atoms with Crippen molar-refractivity contribution in [2.75, 3.05) is 30.0 Å². The van der Waals surface area contributed by atoms with Gasteiger partial charge in [-0.25, -0.2) is 4.68 Å². The van der Waals surface area contributed by atoms with Crippen LogP contribution in [-0.4, -0.2) is 44.5 Å². The first-order valence-corrected chi connectivity index (χ1v) is 6.94. The van der Waals surface area contributed by atoms with Crippen LogP contribution >= 0.6 is 27.7 Å². The molecule has 2 heterocycles. The van der Waals surface area contributed by atoms with Gasteiger partial charge in [-0.3, -0.25) is 10.1 Å². The summed E-state index contributed by atoms with van der Waals surface area (Å²) in [6, 6.07) is 0.186. The zero-order valence-electron chi connectivity index (χ0n) is 8.80. The number of aliphatic hydroxyl groups is 1. The molecule has 0 aromatic carbocycles. The first-order valence-electron chi connectivity index (χ1n) is 5.00. The molecule has 0 radical (unpaired) electrons. The number of anilines is 1. The van der Waals surface area contributed by atoms with Crippen molar-refractivity contribution < 1.29 is 10.0 Å². The van der Waals surface area contributed by atoms with Crippen molar-refractivity contribution in [3.8, 4) is 0 Å². The summed E-state index contributed by atoms with van der Waals surface area (Å²) in [5.41, 5.74) is -0.0737. The van der Waals surface area contributed by atoms with Gasteiger partial charge in [0, 0.05) is 18.1 Å². The largest absolute Gasteiger partial charge is 0.395 e. The number of aliphatic hydroxyl groups excluding tert-OH is 1. The molecule has 2 N–H and O–H groups in total. The zero-order valence-corrected chi connectivity index (χ0v) is 11.2. The quantitative estimate of drug-likeness (QED) is 0.626. The fourth-order valence-electron chi connectivity index (χ4n) is 1.53. The van der Waals surface area contributed by atoms with Crippen LogP contribution in [0.25, 0.3) is 0 Å². The molecule has 1 aliphatic heterocycles. The van der Waals surface area contributed by atoms with E-state index in [4.69, 9.17) is 5.11 Å². The van der Waals surface area contributed by atoms with Crippen LogP contribution in [0.1, 0.15) is 6.04 Å². The molecule has 1 aromatic rings. The number of nitrogens with one attached hydrogen (secondary N) is 1. The van der Waals surface area contributed by atoms with Crippen LogP contribution in [0.15, 0.2) is 4.60 Å². The van der Waals surface area contributed by atoms with Gasteiger partial charge in [0.05, 0.1) is 17.6 Å². The van der Waals surface area contributed by atoms with E-state index in [-0.39, 0.29) is 29.5 Å². The maximum Gasteiger partial charge on any atom is 0.345 e. The molecule has 1 aliphatic rings. The van der Waals surface area contributed by atoms with Gasteiger partial charge in [-0.1, -0.05) is 0 Å². The molecule has 7 nitrogen and oxygen atoms in total. The molecule has 0 saturated carbocycles. The Morgan fingerprint density at radius 2 is 2.41 bits per heavy atom. The molecule has 0 unspecified atom stereocenters. The van der Waals surface area contributed by atoms with E-state index in [1.807, 2.05) is 0 Å². The highest BCUT2D eigenvalue weighted by Gasteiger charge is 2.32. The van der Waals surface area contributed by atoms with E-state index < -0.39 is 4.92 Å². The van der Waals surface area contributed by atoms with Crippen molar-refractivity contribution in [2.45, 2.75) is 6.04 Å². The van der Waals surface area contributed by atoms with E-state index in [0.717, 1.165) is 11.5 Å². The van der Waals surface area contributed by atoms with Crippen molar-refractivity contribution in [2.24, 2.45) is 0 Å². The minimum atomic E-state index is -0.473. The zero-order chi connectivity index (χ0) is 12.4. The Hall–Kier alpha value is -0.800. The second-order valence-corrected chi connectivity index (χ2v) is 5.36. The van der Waals surface area contributed by atoms with E-state index in [2.05, 4.69) is 26.3 Å². The minimum absolute atomic E-state index is 0.0737. The molecule has 0 amide bonds. The molecule has 0 atom stereocenters. The highest BCUT2D eigenvalue weighted by atomic mass is 79.9. The average molecular weight is 323 g/mol. The maximum atomic E-state index is 11.0. The summed E-state index contributed by atoms with van der Waals surface area (Å²) in [7, 11) is 0. The minimum Gasteiger partial charge on any atom is -0.395 e. The lowest BCUT2D eigenvalue weighted by Gasteiger charge is -2.26. The molecule has 94 valence electrons. The Labute approximate surface area is 110 Å². The topological polar surface area (TPSA) is 93.2 Å². The van der Waals surface area contributed by atoms with Crippen molar-refractivity contribution >= 4 is 39.2 Å². The molecule has 17 heavy (non-hydrogen) atoms. The predicted octanol–water partition coefficient (Wildman–Crippen LogP) is 1.25. The molecule has 0 bridgehead atoms. The predicted molar refractivity (Wildman–Crippen MR) is 68.5 cm³/mol. The standard InChI is InChI=1S/C8H11BrN4O3S/c9-7-6(13(15)16)8(10-1-2-14)12(11-7)5-3-17-4-5/h5,10,14H,1-4H2. The molecular weight excluding hydrogens is 312 g/mol. The fraction of sp³-hybridized carbons (Fsp3) is 0.625. The Bertz CT molecular complexity index is 435. The van der Waals surface area contributed by atoms with Crippen molar-refractivity contribution in [1.82, 2.24) is 9.78 Å². The van der Waals surface area contributed by atoms with E-state index in [1.165, 1.54) is 0 Å². The van der Waals surface area contributed by atoms with Crippen LogP contribution in [0.2, 0.25) is 0 Å². The molecular formula is C8H11BrN4O3S. The maximum absolute atomic E-state index is 11.0. The lowest BCUT2D eigenvalue weighted by molar-refractivity contribution is -0.384. The highest BCUT2D eigenvalue weighted by molar-refractivity contribution is 9.10. The monoisotopic (exact) mass is 322 g/mol. The van der Waals surface area contributed by atoms with Crippen LogP contribution in [0.5, 0.6) is 0 Å². The first kappa shape index (κ1) is 12.7. The third-order valence-corrected chi connectivity index (χ3v) is 4.17. The second-order valence-electron chi connectivity index (χ2n) is 3.53. The van der Waals surface area contributed by atoms with E-state index in [9.17, 15) is 10.1 Å². The van der Waals surface area contributed by atoms with Gasteiger partial charge in [-0.2, -0.15) is 16.9 Å². The van der Waals surface area contributed by atoms with Gasteiger partial charge in [0.2, 0.25) is 10.4 Å². The van der Waals surface area contributed by atoms with Crippen LogP contribution in [0, 0.1) is 10.1 Å². The molecule has 0 spiro atoms. The second kappa shape index (κ2) is 5.23. The van der Waals surface area contributed by atoms with Gasteiger partial charge < -0.3 is 10.4 Å². The number of nitrogens with zero attached hydrogens (tertiary/aromatic N) is 3.